The number of nitrogens with zero attached hydrogens (tertiary/aromatic N) is 2. The van der Waals surface area contributed by atoms with E-state index in [4.69, 9.17) is 10.00 Å². The molecule has 1 aliphatic heterocycles. The fraction of sp³-hybridized carbons (Fsp3) is 0.500. The Balaban J connectivity index is 2.16. The summed E-state index contributed by atoms with van der Waals surface area (Å²) in [5, 5.41) is 8.71. The molecule has 1 aliphatic rings. The summed E-state index contributed by atoms with van der Waals surface area (Å²) in [7, 11) is 0. The maximum atomic E-state index is 13.8. The van der Waals surface area contributed by atoms with Crippen molar-refractivity contribution in [1.29, 1.82) is 5.26 Å². The van der Waals surface area contributed by atoms with Gasteiger partial charge in [-0.2, -0.15) is 5.26 Å². The molecular weight excluding hydrogens is 231 g/mol. The molecule has 0 N–H and O–H groups in total. The molecule has 18 heavy (non-hydrogen) atoms. The maximum absolute atomic E-state index is 13.8. The number of nitriles is 1. The van der Waals surface area contributed by atoms with E-state index in [1.54, 1.807) is 12.1 Å². The fourth-order valence-electron chi connectivity index (χ4n) is 2.13. The lowest BCUT2D eigenvalue weighted by atomic mass is 10.0. The van der Waals surface area contributed by atoms with Crippen LogP contribution in [0.3, 0.4) is 0 Å². The van der Waals surface area contributed by atoms with E-state index in [1.807, 2.05) is 6.07 Å². The zero-order valence-corrected chi connectivity index (χ0v) is 10.7. The van der Waals surface area contributed by atoms with Crippen molar-refractivity contribution in [3.05, 3.63) is 35.1 Å². The van der Waals surface area contributed by atoms with Crippen molar-refractivity contribution in [1.82, 2.24) is 4.90 Å². The summed E-state index contributed by atoms with van der Waals surface area (Å²) >= 11 is 0. The van der Waals surface area contributed by atoms with Crippen LogP contribution in [0.15, 0.2) is 18.2 Å². The zero-order valence-electron chi connectivity index (χ0n) is 10.7. The third kappa shape index (κ3) is 2.69. The molecule has 1 heterocycles. The van der Waals surface area contributed by atoms with E-state index < -0.39 is 0 Å². The minimum atomic E-state index is -0.309. The third-order valence-electron chi connectivity index (χ3n) is 3.36. The summed E-state index contributed by atoms with van der Waals surface area (Å²) in [6, 6.07) is 6.59. The van der Waals surface area contributed by atoms with Crippen LogP contribution < -0.4 is 0 Å². The topological polar surface area (TPSA) is 36.3 Å². The van der Waals surface area contributed by atoms with Gasteiger partial charge in [0, 0.05) is 24.2 Å². The molecule has 4 heteroatoms. The number of ether oxygens (including phenoxy) is 1. The number of morpholine rings is 1. The smallest absolute Gasteiger partial charge is 0.129 e. The van der Waals surface area contributed by atoms with E-state index in [0.29, 0.717) is 30.9 Å². The molecule has 2 rings (SSSR count). The second kappa shape index (κ2) is 5.05. The Kier molecular flexibility index (Phi) is 3.65. The summed E-state index contributed by atoms with van der Waals surface area (Å²) in [4.78, 5) is 2.21. The van der Waals surface area contributed by atoms with E-state index in [1.165, 1.54) is 6.07 Å². The fourth-order valence-corrected chi connectivity index (χ4v) is 2.13. The van der Waals surface area contributed by atoms with Crippen molar-refractivity contribution in [2.75, 3.05) is 19.8 Å². The summed E-state index contributed by atoms with van der Waals surface area (Å²) in [6.45, 7) is 6.87. The molecule has 0 amide bonds. The predicted molar refractivity (Wildman–Crippen MR) is 66.4 cm³/mol. The van der Waals surface area contributed by atoms with Crippen LogP contribution >= 0.6 is 0 Å². The predicted octanol–water partition coefficient (Wildman–Crippen LogP) is 2.31. The van der Waals surface area contributed by atoms with Gasteiger partial charge in [0.25, 0.3) is 0 Å². The van der Waals surface area contributed by atoms with Crippen LogP contribution in [-0.2, 0) is 11.3 Å². The highest BCUT2D eigenvalue weighted by molar-refractivity contribution is 5.32. The minimum absolute atomic E-state index is 0.0847. The highest BCUT2D eigenvalue weighted by Gasteiger charge is 2.30. The van der Waals surface area contributed by atoms with Gasteiger partial charge in [-0.3, -0.25) is 4.90 Å². The van der Waals surface area contributed by atoms with E-state index in [9.17, 15) is 4.39 Å². The zero-order chi connectivity index (χ0) is 13.2. The van der Waals surface area contributed by atoms with Gasteiger partial charge in [0.1, 0.15) is 5.82 Å². The van der Waals surface area contributed by atoms with Gasteiger partial charge >= 0.3 is 0 Å². The van der Waals surface area contributed by atoms with Crippen molar-refractivity contribution in [3.63, 3.8) is 0 Å². The summed E-state index contributed by atoms with van der Waals surface area (Å²) in [5.74, 6) is -0.309. The second-order valence-electron chi connectivity index (χ2n) is 5.20. The van der Waals surface area contributed by atoms with Gasteiger partial charge in [0.2, 0.25) is 0 Å². The summed E-state index contributed by atoms with van der Waals surface area (Å²) in [5.41, 5.74) is 0.903. The number of halogens is 1. The van der Waals surface area contributed by atoms with Gasteiger partial charge in [-0.05, 0) is 26.0 Å². The van der Waals surface area contributed by atoms with Gasteiger partial charge in [-0.15, -0.1) is 0 Å². The summed E-state index contributed by atoms with van der Waals surface area (Å²) in [6.07, 6.45) is 0. The van der Waals surface area contributed by atoms with Gasteiger partial charge in [-0.1, -0.05) is 6.07 Å². The molecule has 0 aliphatic carbocycles. The van der Waals surface area contributed by atoms with E-state index in [0.717, 1.165) is 6.54 Å². The van der Waals surface area contributed by atoms with E-state index in [2.05, 4.69) is 18.7 Å². The molecule has 0 saturated carbocycles. The molecule has 1 saturated heterocycles. The Morgan fingerprint density at radius 1 is 1.50 bits per heavy atom. The lowest BCUT2D eigenvalue weighted by molar-refractivity contribution is -0.0556. The minimum Gasteiger partial charge on any atom is -0.378 e. The SMILES string of the molecule is CC1(C)COCCN1Cc1ccc(C#N)cc1F. The first kappa shape index (κ1) is 13.0. The van der Waals surface area contributed by atoms with Crippen molar-refractivity contribution in [3.8, 4) is 6.07 Å². The standard InChI is InChI=1S/C14H17FN2O/c1-14(2)10-18-6-5-17(14)9-12-4-3-11(8-16)7-13(12)15/h3-4,7H,5-6,9-10H2,1-2H3. The van der Waals surface area contributed by atoms with Crippen molar-refractivity contribution >= 4 is 0 Å². The Morgan fingerprint density at radius 3 is 2.89 bits per heavy atom. The Hall–Kier alpha value is -1.44. The second-order valence-corrected chi connectivity index (χ2v) is 5.20. The first-order chi connectivity index (χ1) is 8.53. The molecule has 1 aromatic carbocycles. The molecule has 0 atom stereocenters. The van der Waals surface area contributed by atoms with Crippen molar-refractivity contribution in [2.24, 2.45) is 0 Å². The molecule has 1 fully saturated rings. The van der Waals surface area contributed by atoms with Crippen molar-refractivity contribution < 1.29 is 9.13 Å². The highest BCUT2D eigenvalue weighted by Crippen LogP contribution is 2.22. The number of benzene rings is 1. The van der Waals surface area contributed by atoms with E-state index in [-0.39, 0.29) is 11.4 Å². The summed E-state index contributed by atoms with van der Waals surface area (Å²) < 4.78 is 19.3. The van der Waals surface area contributed by atoms with E-state index >= 15 is 0 Å². The van der Waals surface area contributed by atoms with Crippen LogP contribution in [0, 0.1) is 17.1 Å². The molecule has 0 unspecified atom stereocenters. The van der Waals surface area contributed by atoms with Crippen LogP contribution in [0.1, 0.15) is 25.0 Å². The van der Waals surface area contributed by atoms with Crippen LogP contribution in [0.25, 0.3) is 0 Å². The number of rotatable bonds is 2. The molecule has 3 nitrogen and oxygen atoms in total. The quantitative estimate of drug-likeness (QED) is 0.805. The lowest BCUT2D eigenvalue weighted by Gasteiger charge is -2.42. The molecule has 0 spiro atoms. The number of hydrogen-bond donors (Lipinski definition) is 0. The third-order valence-corrected chi connectivity index (χ3v) is 3.36. The largest absolute Gasteiger partial charge is 0.378 e. The van der Waals surface area contributed by atoms with Gasteiger partial charge in [0.15, 0.2) is 0 Å². The molecule has 0 radical (unpaired) electrons. The first-order valence-electron chi connectivity index (χ1n) is 6.04. The molecule has 1 aromatic rings. The van der Waals surface area contributed by atoms with Crippen molar-refractivity contribution in [2.45, 2.75) is 25.9 Å². The molecule has 0 aromatic heterocycles. The first-order valence-corrected chi connectivity index (χ1v) is 6.04. The van der Waals surface area contributed by atoms with Crippen LogP contribution in [0.2, 0.25) is 0 Å². The average Bonchev–Trinajstić information content (AvgIpc) is 2.33. The maximum Gasteiger partial charge on any atom is 0.129 e. The van der Waals surface area contributed by atoms with Crippen LogP contribution in [-0.4, -0.2) is 30.2 Å². The Labute approximate surface area is 107 Å². The normalized spacial score (nSPS) is 19.4. The molecule has 0 bridgehead atoms. The van der Waals surface area contributed by atoms with Gasteiger partial charge in [-0.25, -0.2) is 4.39 Å². The Bertz CT molecular complexity index is 479. The van der Waals surface area contributed by atoms with Crippen LogP contribution in [0.5, 0.6) is 0 Å². The molecular formula is C14H17FN2O. The van der Waals surface area contributed by atoms with Crippen LogP contribution in [0.4, 0.5) is 4.39 Å². The monoisotopic (exact) mass is 248 g/mol. The average molecular weight is 248 g/mol. The Morgan fingerprint density at radius 2 is 2.28 bits per heavy atom. The van der Waals surface area contributed by atoms with Gasteiger partial charge < -0.3 is 4.74 Å². The molecule has 96 valence electrons. The lowest BCUT2D eigenvalue weighted by Crippen LogP contribution is -2.52. The van der Waals surface area contributed by atoms with Gasteiger partial charge in [0.05, 0.1) is 24.8 Å². The number of hydrogen-bond acceptors (Lipinski definition) is 3. The highest BCUT2D eigenvalue weighted by atomic mass is 19.1.